The van der Waals surface area contributed by atoms with Crippen molar-refractivity contribution in [1.29, 1.82) is 0 Å². The molecule has 0 saturated heterocycles. The molecule has 6 aromatic carbocycles. The zero-order chi connectivity index (χ0) is 47.1. The second-order valence-corrected chi connectivity index (χ2v) is 13.7. The highest BCUT2D eigenvalue weighted by Crippen LogP contribution is 2.70. The lowest BCUT2D eigenvalue weighted by Crippen LogP contribution is -2.77. The summed E-state index contributed by atoms with van der Waals surface area (Å²) in [5.41, 5.74) is -24.8. The molecule has 21 heteroatoms. The Bertz CT molecular complexity index is 2600. The summed E-state index contributed by atoms with van der Waals surface area (Å²) in [5.74, 6) is -68.8. The predicted octanol–water partition coefficient (Wildman–Crippen LogP) is 14.2. The van der Waals surface area contributed by atoms with E-state index in [2.05, 4.69) is 0 Å². The van der Waals surface area contributed by atoms with Crippen molar-refractivity contribution in [3.8, 4) is 0 Å². The molecule has 0 N–H and O–H groups in total. The lowest BCUT2D eigenvalue weighted by Gasteiger charge is -2.60. The Kier molecular flexibility index (Phi) is 11.2. The number of allylic oxidation sites excluding steroid dienone is 2. The van der Waals surface area contributed by atoms with Crippen molar-refractivity contribution in [1.82, 2.24) is 4.48 Å². The van der Waals surface area contributed by atoms with Crippen LogP contribution in [0.5, 0.6) is 0 Å². The molecule has 1 nitrogen and oxygen atoms in total. The maximum absolute atomic E-state index is 18.7. The van der Waals surface area contributed by atoms with E-state index >= 15 is 74.6 Å². The highest BCUT2D eigenvalue weighted by Gasteiger charge is 2.82. The Hall–Kier alpha value is -6.64. The third-order valence-electron chi connectivity index (χ3n) is 10.8. The van der Waals surface area contributed by atoms with Crippen LogP contribution in [0.2, 0.25) is 0 Å². The van der Waals surface area contributed by atoms with Crippen LogP contribution in [-0.2, 0) is 5.41 Å². The van der Waals surface area contributed by atoms with Gasteiger partial charge in [-0.2, -0.15) is 30.8 Å². The fraction of sp³-hybridized carbons (Fsp3) is 0.0698. The smallest absolute Gasteiger partial charge is 0.226 e. The first-order valence-corrected chi connectivity index (χ1v) is 17.5. The van der Waals surface area contributed by atoms with Crippen molar-refractivity contribution < 1.29 is 87.8 Å². The molecule has 0 heterocycles. The molecule has 1 aliphatic carbocycles. The van der Waals surface area contributed by atoms with Crippen LogP contribution in [0.1, 0.15) is 16.7 Å². The monoisotopic (exact) mass is 926 g/mol. The lowest BCUT2D eigenvalue weighted by molar-refractivity contribution is 0.0384. The van der Waals surface area contributed by atoms with E-state index in [0.717, 1.165) is 54.6 Å². The van der Waals surface area contributed by atoms with Crippen LogP contribution >= 0.6 is 0 Å². The van der Waals surface area contributed by atoms with E-state index in [1.54, 1.807) is 0 Å². The molecule has 0 amide bonds. The first-order chi connectivity index (χ1) is 30.1. The Labute approximate surface area is 344 Å². The molecular formula is C43H16F20N+. The summed E-state index contributed by atoms with van der Waals surface area (Å²) in [6.07, 6.45) is -5.17. The number of quaternary nitrogens is 1. The number of nitrogens with zero attached hydrogens (tertiary/aromatic N) is 1. The van der Waals surface area contributed by atoms with Crippen LogP contribution < -0.4 is 4.48 Å². The van der Waals surface area contributed by atoms with E-state index in [4.69, 9.17) is 0 Å². The van der Waals surface area contributed by atoms with Crippen molar-refractivity contribution in [2.75, 3.05) is 0 Å². The van der Waals surface area contributed by atoms with Gasteiger partial charge in [-0.15, -0.1) is 0 Å². The Morgan fingerprint density at radius 2 is 0.562 bits per heavy atom. The van der Waals surface area contributed by atoms with E-state index in [9.17, 15) is 13.2 Å². The quantitative estimate of drug-likeness (QED) is 0.0469. The third-order valence-corrected chi connectivity index (χ3v) is 10.8. The van der Waals surface area contributed by atoms with E-state index in [0.29, 0.717) is 36.4 Å². The normalized spacial score (nSPS) is 17.2. The molecule has 0 spiro atoms. The first kappa shape index (κ1) is 45.4. The molecule has 0 radical (unpaired) electrons. The molecule has 7 rings (SSSR count). The van der Waals surface area contributed by atoms with Gasteiger partial charge in [0.05, 0.1) is 0 Å². The zero-order valence-electron chi connectivity index (χ0n) is 30.7. The van der Waals surface area contributed by atoms with E-state index < -0.39 is 166 Å². The number of hydrogen-bond acceptors (Lipinski definition) is 0. The average molecular weight is 927 g/mol. The number of rotatable bonds is 8. The second-order valence-electron chi connectivity index (χ2n) is 13.7. The summed E-state index contributed by atoms with van der Waals surface area (Å²) < 4.78 is 324. The van der Waals surface area contributed by atoms with Crippen molar-refractivity contribution in [3.63, 3.8) is 0 Å². The first-order valence-electron chi connectivity index (χ1n) is 17.5. The van der Waals surface area contributed by atoms with Gasteiger partial charge in [0.15, 0.2) is 17.5 Å². The lowest BCUT2D eigenvalue weighted by atomic mass is 9.52. The average Bonchev–Trinajstić information content (AvgIpc) is 3.31. The predicted molar refractivity (Wildman–Crippen MR) is 185 cm³/mol. The summed E-state index contributed by atoms with van der Waals surface area (Å²) in [6, 6.07) is 11.6. The summed E-state index contributed by atoms with van der Waals surface area (Å²) in [4.78, 5) is 0. The van der Waals surface area contributed by atoms with Crippen LogP contribution in [0.3, 0.4) is 0 Å². The fourth-order valence-electron chi connectivity index (χ4n) is 8.45. The Morgan fingerprint density at radius 1 is 0.328 bits per heavy atom. The minimum Gasteiger partial charge on any atom is -0.232 e. The van der Waals surface area contributed by atoms with E-state index in [-0.39, 0.29) is 0 Å². The molecule has 2 unspecified atom stereocenters. The molecule has 0 saturated carbocycles. The summed E-state index contributed by atoms with van der Waals surface area (Å²) in [7, 11) is 0. The molecule has 64 heavy (non-hydrogen) atoms. The van der Waals surface area contributed by atoms with Gasteiger partial charge in [0.1, 0.15) is 5.41 Å². The van der Waals surface area contributed by atoms with Gasteiger partial charge in [-0.1, -0.05) is 91.0 Å². The Morgan fingerprint density at radius 3 is 0.812 bits per heavy atom. The van der Waals surface area contributed by atoms with Gasteiger partial charge in [-0.05, 0) is 16.7 Å². The van der Waals surface area contributed by atoms with Gasteiger partial charge in [0.2, 0.25) is 122 Å². The van der Waals surface area contributed by atoms with E-state index in [1.807, 2.05) is 0 Å². The van der Waals surface area contributed by atoms with Crippen molar-refractivity contribution in [3.05, 3.63) is 218 Å². The Balaban J connectivity index is 2.12. The fourth-order valence-corrected chi connectivity index (χ4v) is 8.45. The SMILES string of the molecule is FC1=C(F)C(F)C(C(c2ccccc2)(c2ccccc2)c2ccccc2)([N+](c2c(F)c(F)c(F)c(F)c2F)(c2c(F)c(F)c(F)c(F)c2F)c2c(F)c(F)c(F)c(F)c2F)C(F)=C1F. The van der Waals surface area contributed by atoms with Crippen LogP contribution in [0.15, 0.2) is 114 Å². The molecule has 0 fully saturated rings. The van der Waals surface area contributed by atoms with Gasteiger partial charge in [0.25, 0.3) is 0 Å². The molecule has 0 bridgehead atoms. The summed E-state index contributed by atoms with van der Waals surface area (Å²) in [5, 5.41) is 0. The zero-order valence-corrected chi connectivity index (χ0v) is 30.7. The van der Waals surface area contributed by atoms with Crippen LogP contribution in [0, 0.1) is 87.3 Å². The molecular weight excluding hydrogens is 910 g/mol. The van der Waals surface area contributed by atoms with Crippen LogP contribution in [0.25, 0.3) is 0 Å². The highest BCUT2D eigenvalue weighted by atomic mass is 19.2. The maximum Gasteiger partial charge on any atom is 0.226 e. The molecule has 332 valence electrons. The third kappa shape index (κ3) is 5.57. The number of hydrogen-bond donors (Lipinski definition) is 0. The molecule has 1 aliphatic rings. The van der Waals surface area contributed by atoms with Crippen molar-refractivity contribution in [2.45, 2.75) is 17.1 Å². The number of halogens is 20. The molecule has 6 aromatic rings. The van der Waals surface area contributed by atoms with Crippen molar-refractivity contribution >= 4 is 17.1 Å². The van der Waals surface area contributed by atoms with Gasteiger partial charge in [-0.25, -0.2) is 61.5 Å². The van der Waals surface area contributed by atoms with Crippen molar-refractivity contribution in [2.24, 2.45) is 0 Å². The molecule has 0 aliphatic heterocycles. The second kappa shape index (κ2) is 15.9. The topological polar surface area (TPSA) is 0 Å². The maximum atomic E-state index is 18.7. The summed E-state index contributed by atoms with van der Waals surface area (Å²) >= 11 is 0. The minimum atomic E-state index is -5.92. The molecule has 0 aromatic heterocycles. The largest absolute Gasteiger partial charge is 0.232 e. The standard InChI is InChI=1S/C43H16F20N/c44-19-22(47)29(54)37(30(55)23(19)48)64(38-31(56)24(49)20(45)25(50)32(38)57,39-33(58)26(51)21(46)27(52)34(39)59)43(40(62)35(60)28(53)36(61)41(43)63)42(16-10-4-1-5-11-16,17-12-6-2-7-13-17)18-14-8-3-9-15-18/h1-15,40H/q+1. The van der Waals surface area contributed by atoms with Gasteiger partial charge in [-0.3, -0.25) is 0 Å². The summed E-state index contributed by atoms with van der Waals surface area (Å²) in [6.45, 7) is 0. The van der Waals surface area contributed by atoms with Gasteiger partial charge in [0, 0.05) is 0 Å². The van der Waals surface area contributed by atoms with Crippen LogP contribution in [0.4, 0.5) is 105 Å². The minimum absolute atomic E-state index is 0.594. The number of alkyl halides is 1. The molecule has 2 atom stereocenters. The van der Waals surface area contributed by atoms with Crippen LogP contribution in [-0.4, -0.2) is 11.7 Å². The van der Waals surface area contributed by atoms with Gasteiger partial charge < -0.3 is 0 Å². The van der Waals surface area contributed by atoms with E-state index in [1.165, 1.54) is 0 Å². The number of benzene rings is 6. The van der Waals surface area contributed by atoms with Gasteiger partial charge >= 0.3 is 0 Å². The highest BCUT2D eigenvalue weighted by molar-refractivity contribution is 5.82.